The third-order valence-corrected chi connectivity index (χ3v) is 4.11. The Balaban J connectivity index is 1.89. The number of nitrogens with one attached hydrogen (secondary N) is 1. The van der Waals surface area contributed by atoms with Crippen LogP contribution in [0.2, 0.25) is 0 Å². The first kappa shape index (κ1) is 17.4. The fourth-order valence-electron chi connectivity index (χ4n) is 2.34. The Morgan fingerprint density at radius 3 is 2.57 bits per heavy atom. The van der Waals surface area contributed by atoms with Crippen molar-refractivity contribution >= 4 is 17.7 Å². The van der Waals surface area contributed by atoms with Crippen LogP contribution in [0.25, 0.3) is 0 Å². The van der Waals surface area contributed by atoms with Crippen molar-refractivity contribution in [1.82, 2.24) is 15.3 Å². The van der Waals surface area contributed by atoms with Gasteiger partial charge in [-0.05, 0) is 49.8 Å². The minimum Gasteiger partial charge on any atom is -0.352 e. The molecule has 0 fully saturated rings. The van der Waals surface area contributed by atoms with Crippen LogP contribution in [0, 0.1) is 19.7 Å². The highest BCUT2D eigenvalue weighted by Crippen LogP contribution is 2.17. The second kappa shape index (κ2) is 8.06. The van der Waals surface area contributed by atoms with Crippen LogP contribution in [0.3, 0.4) is 0 Å². The number of carbonyl (C=O) groups excluding carboxylic acids is 1. The first-order valence-electron chi connectivity index (χ1n) is 7.39. The molecule has 0 radical (unpaired) electrons. The molecule has 1 amide bonds. The van der Waals surface area contributed by atoms with E-state index >= 15 is 0 Å². The third-order valence-electron chi connectivity index (χ3n) is 3.56. The van der Waals surface area contributed by atoms with Crippen molar-refractivity contribution in [1.29, 1.82) is 0 Å². The van der Waals surface area contributed by atoms with E-state index < -0.39 is 0 Å². The molecule has 0 aliphatic heterocycles. The summed E-state index contributed by atoms with van der Waals surface area (Å²) in [6, 6.07) is 6.22. The first-order valence-corrected chi connectivity index (χ1v) is 8.61. The number of nitrogens with zero attached hydrogens (tertiary/aromatic N) is 2. The van der Waals surface area contributed by atoms with Crippen LogP contribution in [-0.4, -0.2) is 22.1 Å². The lowest BCUT2D eigenvalue weighted by atomic mass is 10.1. The number of carbonyl (C=O) groups is 1. The first-order chi connectivity index (χ1) is 11.0. The van der Waals surface area contributed by atoms with Gasteiger partial charge in [0.2, 0.25) is 5.91 Å². The van der Waals surface area contributed by atoms with Gasteiger partial charge >= 0.3 is 0 Å². The fourth-order valence-corrected chi connectivity index (χ4v) is 2.79. The maximum Gasteiger partial charge on any atom is 0.220 e. The number of aryl methyl sites for hydroxylation is 2. The molecule has 6 heteroatoms. The Kier molecular flexibility index (Phi) is 6.10. The van der Waals surface area contributed by atoms with Crippen LogP contribution in [-0.2, 0) is 17.8 Å². The van der Waals surface area contributed by atoms with Gasteiger partial charge in [-0.2, -0.15) is 0 Å². The van der Waals surface area contributed by atoms with Gasteiger partial charge in [0.25, 0.3) is 0 Å². The molecular weight excluding hydrogens is 313 g/mol. The Morgan fingerprint density at radius 1 is 1.26 bits per heavy atom. The zero-order chi connectivity index (χ0) is 16.8. The Hall–Kier alpha value is -1.95. The molecular formula is C17H20FN3OS. The van der Waals surface area contributed by atoms with Crippen LogP contribution >= 0.6 is 11.8 Å². The van der Waals surface area contributed by atoms with E-state index in [1.54, 1.807) is 12.1 Å². The van der Waals surface area contributed by atoms with Crippen LogP contribution in [0.15, 0.2) is 29.4 Å². The van der Waals surface area contributed by atoms with E-state index in [2.05, 4.69) is 15.3 Å². The zero-order valence-corrected chi connectivity index (χ0v) is 14.3. The molecule has 0 aliphatic rings. The summed E-state index contributed by atoms with van der Waals surface area (Å²) in [5, 5.41) is 3.56. The monoisotopic (exact) mass is 333 g/mol. The van der Waals surface area contributed by atoms with E-state index in [1.165, 1.54) is 23.9 Å². The van der Waals surface area contributed by atoms with Gasteiger partial charge in [-0.3, -0.25) is 4.79 Å². The number of rotatable bonds is 6. The lowest BCUT2D eigenvalue weighted by Gasteiger charge is -2.10. The minimum atomic E-state index is -0.297. The minimum absolute atomic E-state index is 0.0676. The number of hydrogen-bond acceptors (Lipinski definition) is 4. The zero-order valence-electron chi connectivity index (χ0n) is 13.5. The van der Waals surface area contributed by atoms with Gasteiger partial charge < -0.3 is 5.32 Å². The summed E-state index contributed by atoms with van der Waals surface area (Å²) in [4.78, 5) is 20.8. The molecule has 0 unspecified atom stereocenters. The van der Waals surface area contributed by atoms with Crippen molar-refractivity contribution in [3.63, 3.8) is 0 Å². The van der Waals surface area contributed by atoms with Gasteiger partial charge in [-0.1, -0.05) is 23.9 Å². The van der Waals surface area contributed by atoms with E-state index in [0.717, 1.165) is 27.7 Å². The average molecular weight is 333 g/mol. The summed E-state index contributed by atoms with van der Waals surface area (Å²) >= 11 is 1.50. The maximum absolute atomic E-state index is 13.1. The van der Waals surface area contributed by atoms with E-state index in [4.69, 9.17) is 0 Å². The average Bonchev–Trinajstić information content (AvgIpc) is 2.52. The summed E-state index contributed by atoms with van der Waals surface area (Å²) in [5.41, 5.74) is 3.60. The quantitative estimate of drug-likeness (QED) is 0.651. The Morgan fingerprint density at radius 2 is 1.96 bits per heavy atom. The highest BCUT2D eigenvalue weighted by molar-refractivity contribution is 7.98. The third kappa shape index (κ3) is 5.03. The molecule has 2 aromatic rings. The molecule has 0 aliphatic carbocycles. The molecule has 0 atom stereocenters. The standard InChI is InChI=1S/C17H20FN3OS/c1-11-15(12(2)21-17(20-11)23-3)7-8-16(22)19-10-13-5-4-6-14(18)9-13/h4-6,9H,7-8,10H2,1-3H3,(H,19,22). The van der Waals surface area contributed by atoms with Crippen LogP contribution < -0.4 is 5.32 Å². The molecule has 1 aromatic heterocycles. The summed E-state index contributed by atoms with van der Waals surface area (Å²) < 4.78 is 13.1. The molecule has 0 saturated heterocycles. The molecule has 1 aromatic carbocycles. The van der Waals surface area contributed by atoms with Crippen LogP contribution in [0.1, 0.15) is 28.9 Å². The van der Waals surface area contributed by atoms with Gasteiger partial charge in [-0.15, -0.1) is 0 Å². The molecule has 23 heavy (non-hydrogen) atoms. The van der Waals surface area contributed by atoms with E-state index in [1.807, 2.05) is 20.1 Å². The van der Waals surface area contributed by atoms with Crippen LogP contribution in [0.5, 0.6) is 0 Å². The molecule has 1 N–H and O–H groups in total. The number of thioether (sulfide) groups is 1. The van der Waals surface area contributed by atoms with Crippen molar-refractivity contribution in [3.8, 4) is 0 Å². The molecule has 4 nitrogen and oxygen atoms in total. The van der Waals surface area contributed by atoms with Crippen molar-refractivity contribution in [2.24, 2.45) is 0 Å². The Labute approximate surface area is 139 Å². The number of halogens is 1. The van der Waals surface area contributed by atoms with E-state index in [0.29, 0.717) is 19.4 Å². The number of aromatic nitrogens is 2. The van der Waals surface area contributed by atoms with E-state index in [9.17, 15) is 9.18 Å². The summed E-state index contributed by atoms with van der Waals surface area (Å²) in [6.45, 7) is 4.21. The second-order valence-corrected chi connectivity index (χ2v) is 6.04. The van der Waals surface area contributed by atoms with E-state index in [-0.39, 0.29) is 11.7 Å². The number of benzene rings is 1. The van der Waals surface area contributed by atoms with Gasteiger partial charge in [0.15, 0.2) is 5.16 Å². The molecule has 0 saturated carbocycles. The Bertz CT molecular complexity index is 683. The van der Waals surface area contributed by atoms with Gasteiger partial charge in [0.05, 0.1) is 0 Å². The van der Waals surface area contributed by atoms with Crippen molar-refractivity contribution in [2.45, 2.75) is 38.4 Å². The molecule has 0 spiro atoms. The lowest BCUT2D eigenvalue weighted by Crippen LogP contribution is -2.23. The fraction of sp³-hybridized carbons (Fsp3) is 0.353. The number of amides is 1. The lowest BCUT2D eigenvalue weighted by molar-refractivity contribution is -0.121. The largest absolute Gasteiger partial charge is 0.352 e. The summed E-state index contributed by atoms with van der Waals surface area (Å²) in [5.74, 6) is -0.365. The topological polar surface area (TPSA) is 54.9 Å². The highest BCUT2D eigenvalue weighted by Gasteiger charge is 2.10. The smallest absolute Gasteiger partial charge is 0.220 e. The summed E-state index contributed by atoms with van der Waals surface area (Å²) in [7, 11) is 0. The van der Waals surface area contributed by atoms with Gasteiger partial charge in [0, 0.05) is 24.4 Å². The molecule has 2 rings (SSSR count). The molecule has 0 bridgehead atoms. The van der Waals surface area contributed by atoms with Crippen molar-refractivity contribution in [2.75, 3.05) is 6.26 Å². The molecule has 1 heterocycles. The normalized spacial score (nSPS) is 10.6. The molecule has 122 valence electrons. The predicted molar refractivity (Wildman–Crippen MR) is 89.9 cm³/mol. The van der Waals surface area contributed by atoms with Gasteiger partial charge in [-0.25, -0.2) is 14.4 Å². The number of hydrogen-bond donors (Lipinski definition) is 1. The summed E-state index contributed by atoms with van der Waals surface area (Å²) in [6.07, 6.45) is 2.90. The maximum atomic E-state index is 13.1. The van der Waals surface area contributed by atoms with Crippen molar-refractivity contribution < 1.29 is 9.18 Å². The van der Waals surface area contributed by atoms with Crippen molar-refractivity contribution in [3.05, 3.63) is 52.6 Å². The van der Waals surface area contributed by atoms with Crippen LogP contribution in [0.4, 0.5) is 4.39 Å². The SMILES string of the molecule is CSc1nc(C)c(CCC(=O)NCc2cccc(F)c2)c(C)n1. The second-order valence-electron chi connectivity index (χ2n) is 5.27. The highest BCUT2D eigenvalue weighted by atomic mass is 32.2. The predicted octanol–water partition coefficient (Wildman–Crippen LogP) is 3.20. The van der Waals surface area contributed by atoms with Gasteiger partial charge in [0.1, 0.15) is 5.82 Å².